The van der Waals surface area contributed by atoms with E-state index >= 15 is 0 Å². The first-order valence-corrected chi connectivity index (χ1v) is 11.0. The quantitative estimate of drug-likeness (QED) is 0.432. The van der Waals surface area contributed by atoms with Gasteiger partial charge < -0.3 is 15.5 Å². The van der Waals surface area contributed by atoms with Crippen LogP contribution in [0.5, 0.6) is 0 Å². The molecule has 3 aromatic rings. The third-order valence-electron chi connectivity index (χ3n) is 5.46. The van der Waals surface area contributed by atoms with E-state index in [0.29, 0.717) is 24.6 Å². The van der Waals surface area contributed by atoms with E-state index in [9.17, 15) is 10.1 Å². The molecular formula is C21H26N6O2S. The molecule has 1 aliphatic rings. The molecule has 1 aromatic carbocycles. The summed E-state index contributed by atoms with van der Waals surface area (Å²) in [6.07, 6.45) is 4.18. The standard InChI is InChI=1S/C21H26N6O2S/c1-26(2)20-17-5-3-4-6-18(17)24-21(25-20)23-15-9-7-14(8-10-15)22-13-16-11-12-19(30-16)27(28)29/h3-6,11-12,14-15,22H,7-10,13H2,1-2H3,(H,23,24,25)/t14-,15+. The van der Waals surface area contributed by atoms with Crippen molar-refractivity contribution in [3.8, 4) is 0 Å². The van der Waals surface area contributed by atoms with Crippen molar-refractivity contribution in [1.29, 1.82) is 0 Å². The molecule has 2 N–H and O–H groups in total. The summed E-state index contributed by atoms with van der Waals surface area (Å²) >= 11 is 1.24. The molecule has 0 unspecified atom stereocenters. The van der Waals surface area contributed by atoms with Crippen molar-refractivity contribution in [3.63, 3.8) is 0 Å². The smallest absolute Gasteiger partial charge is 0.324 e. The number of nitrogens with zero attached hydrogens (tertiary/aromatic N) is 4. The summed E-state index contributed by atoms with van der Waals surface area (Å²) in [5.74, 6) is 1.60. The highest BCUT2D eigenvalue weighted by Crippen LogP contribution is 2.27. The Morgan fingerprint density at radius 2 is 1.83 bits per heavy atom. The monoisotopic (exact) mass is 426 g/mol. The lowest BCUT2D eigenvalue weighted by Crippen LogP contribution is -2.36. The second-order valence-electron chi connectivity index (χ2n) is 7.85. The SMILES string of the molecule is CN(C)c1nc(N[C@H]2CC[C@@H](NCc3ccc([N+](=O)[O-])s3)CC2)nc2ccccc12. The van der Waals surface area contributed by atoms with Gasteiger partial charge in [-0.25, -0.2) is 4.98 Å². The van der Waals surface area contributed by atoms with Gasteiger partial charge in [-0.2, -0.15) is 4.98 Å². The predicted molar refractivity (Wildman–Crippen MR) is 121 cm³/mol. The van der Waals surface area contributed by atoms with Crippen LogP contribution in [0, 0.1) is 10.1 Å². The van der Waals surface area contributed by atoms with Crippen molar-refractivity contribution in [2.75, 3.05) is 24.3 Å². The van der Waals surface area contributed by atoms with E-state index in [-0.39, 0.29) is 9.92 Å². The summed E-state index contributed by atoms with van der Waals surface area (Å²) in [4.78, 5) is 22.9. The summed E-state index contributed by atoms with van der Waals surface area (Å²) in [5.41, 5.74) is 0.944. The first-order valence-electron chi connectivity index (χ1n) is 10.2. The summed E-state index contributed by atoms with van der Waals surface area (Å²) in [6.45, 7) is 0.682. The second kappa shape index (κ2) is 8.93. The number of nitro groups is 1. The van der Waals surface area contributed by atoms with Crippen molar-refractivity contribution < 1.29 is 4.92 Å². The highest BCUT2D eigenvalue weighted by Gasteiger charge is 2.22. The molecule has 0 saturated heterocycles. The van der Waals surface area contributed by atoms with Gasteiger partial charge in [-0.15, -0.1) is 0 Å². The zero-order valence-corrected chi connectivity index (χ0v) is 18.0. The zero-order chi connectivity index (χ0) is 21.1. The van der Waals surface area contributed by atoms with Gasteiger partial charge in [0, 0.05) is 49.1 Å². The number of hydrogen-bond acceptors (Lipinski definition) is 8. The Bertz CT molecular complexity index is 1030. The van der Waals surface area contributed by atoms with Crippen molar-refractivity contribution in [2.24, 2.45) is 0 Å². The fourth-order valence-corrected chi connectivity index (χ4v) is 4.67. The van der Waals surface area contributed by atoms with Gasteiger partial charge >= 0.3 is 5.00 Å². The first-order chi connectivity index (χ1) is 14.5. The molecule has 4 rings (SSSR count). The number of rotatable bonds is 7. The Labute approximate surface area is 179 Å². The minimum Gasteiger partial charge on any atom is -0.362 e. The molecule has 9 heteroatoms. The lowest BCUT2D eigenvalue weighted by Gasteiger charge is -2.30. The van der Waals surface area contributed by atoms with Crippen LogP contribution in [0.3, 0.4) is 0 Å². The van der Waals surface area contributed by atoms with Gasteiger partial charge in [0.25, 0.3) is 0 Å². The second-order valence-corrected chi connectivity index (χ2v) is 9.00. The van der Waals surface area contributed by atoms with E-state index in [1.807, 2.05) is 49.3 Å². The molecule has 158 valence electrons. The molecule has 0 aliphatic heterocycles. The summed E-state index contributed by atoms with van der Waals surface area (Å²) in [5, 5.41) is 19.1. The van der Waals surface area contributed by atoms with Crippen molar-refractivity contribution in [1.82, 2.24) is 15.3 Å². The number of anilines is 2. The normalized spacial score (nSPS) is 19.0. The predicted octanol–water partition coefficient (Wildman–Crippen LogP) is 4.18. The van der Waals surface area contributed by atoms with E-state index in [1.54, 1.807) is 6.07 Å². The fourth-order valence-electron chi connectivity index (χ4n) is 3.89. The molecule has 0 radical (unpaired) electrons. The number of para-hydroxylation sites is 1. The molecule has 30 heavy (non-hydrogen) atoms. The molecule has 2 aromatic heterocycles. The van der Waals surface area contributed by atoms with E-state index in [1.165, 1.54) is 11.3 Å². The number of aromatic nitrogens is 2. The van der Waals surface area contributed by atoms with E-state index in [4.69, 9.17) is 9.97 Å². The Balaban J connectivity index is 1.33. The summed E-state index contributed by atoms with van der Waals surface area (Å²) in [6, 6.07) is 12.3. The maximum atomic E-state index is 10.8. The zero-order valence-electron chi connectivity index (χ0n) is 17.2. The Hall–Kier alpha value is -2.78. The van der Waals surface area contributed by atoms with E-state index < -0.39 is 0 Å². The van der Waals surface area contributed by atoms with Crippen LogP contribution < -0.4 is 15.5 Å². The summed E-state index contributed by atoms with van der Waals surface area (Å²) in [7, 11) is 4.00. The van der Waals surface area contributed by atoms with Gasteiger partial charge in [-0.3, -0.25) is 10.1 Å². The van der Waals surface area contributed by atoms with Gasteiger partial charge in [0.2, 0.25) is 5.95 Å². The number of thiophene rings is 1. The van der Waals surface area contributed by atoms with Crippen LogP contribution in [0.1, 0.15) is 30.6 Å². The van der Waals surface area contributed by atoms with E-state index in [0.717, 1.165) is 47.3 Å². The van der Waals surface area contributed by atoms with Crippen LogP contribution in [-0.4, -0.2) is 41.1 Å². The Kier molecular flexibility index (Phi) is 6.10. The van der Waals surface area contributed by atoms with E-state index in [2.05, 4.69) is 10.6 Å². The van der Waals surface area contributed by atoms with Crippen LogP contribution in [0.25, 0.3) is 10.9 Å². The molecular weight excluding hydrogens is 400 g/mol. The van der Waals surface area contributed by atoms with Gasteiger partial charge in [0.1, 0.15) is 5.82 Å². The number of nitrogens with one attached hydrogen (secondary N) is 2. The van der Waals surface area contributed by atoms with Gasteiger partial charge in [0.05, 0.1) is 10.4 Å². The topological polar surface area (TPSA) is 96.2 Å². The molecule has 0 bridgehead atoms. The van der Waals surface area contributed by atoms with Gasteiger partial charge in [-0.05, 0) is 43.9 Å². The van der Waals surface area contributed by atoms with Crippen LogP contribution >= 0.6 is 11.3 Å². The molecule has 1 saturated carbocycles. The van der Waals surface area contributed by atoms with Crippen molar-refractivity contribution >= 4 is 39.0 Å². The molecule has 0 spiro atoms. The van der Waals surface area contributed by atoms with Crippen molar-refractivity contribution in [2.45, 2.75) is 44.3 Å². The maximum absolute atomic E-state index is 10.8. The molecule has 2 heterocycles. The molecule has 1 aliphatic carbocycles. The third kappa shape index (κ3) is 4.68. The largest absolute Gasteiger partial charge is 0.362 e. The van der Waals surface area contributed by atoms with Crippen LogP contribution in [0.2, 0.25) is 0 Å². The van der Waals surface area contributed by atoms with Gasteiger partial charge in [-0.1, -0.05) is 23.5 Å². The molecule has 0 atom stereocenters. The van der Waals surface area contributed by atoms with Crippen molar-refractivity contribution in [3.05, 3.63) is 51.4 Å². The summed E-state index contributed by atoms with van der Waals surface area (Å²) < 4.78 is 0. The van der Waals surface area contributed by atoms with Crippen LogP contribution in [-0.2, 0) is 6.54 Å². The molecule has 8 nitrogen and oxygen atoms in total. The fraction of sp³-hybridized carbons (Fsp3) is 0.429. The Morgan fingerprint density at radius 1 is 1.10 bits per heavy atom. The molecule has 1 fully saturated rings. The lowest BCUT2D eigenvalue weighted by atomic mass is 9.91. The van der Waals surface area contributed by atoms with Crippen LogP contribution in [0.4, 0.5) is 16.8 Å². The average Bonchev–Trinajstić information content (AvgIpc) is 3.22. The van der Waals surface area contributed by atoms with Gasteiger partial charge in [0.15, 0.2) is 0 Å². The van der Waals surface area contributed by atoms with Crippen LogP contribution in [0.15, 0.2) is 36.4 Å². The Morgan fingerprint density at radius 3 is 2.53 bits per heavy atom. The molecule has 0 amide bonds. The number of hydrogen-bond donors (Lipinski definition) is 2. The number of fused-ring (bicyclic) bond motifs is 1. The lowest BCUT2D eigenvalue weighted by molar-refractivity contribution is -0.380. The maximum Gasteiger partial charge on any atom is 0.324 e. The minimum absolute atomic E-state index is 0.201. The average molecular weight is 427 g/mol. The third-order valence-corrected chi connectivity index (χ3v) is 6.50. The highest BCUT2D eigenvalue weighted by atomic mass is 32.1. The highest BCUT2D eigenvalue weighted by molar-refractivity contribution is 7.15. The minimum atomic E-state index is -0.332. The number of benzene rings is 1. The first kappa shape index (κ1) is 20.5.